The first-order valence-corrected chi connectivity index (χ1v) is 9.70. The number of nitrogens with one attached hydrogen (secondary N) is 1. The molecular formula is C20H17N5O3S. The van der Waals surface area contributed by atoms with Crippen molar-refractivity contribution in [3.05, 3.63) is 69.7 Å². The van der Waals surface area contributed by atoms with Crippen LogP contribution in [0.3, 0.4) is 0 Å². The molecule has 0 atom stereocenters. The van der Waals surface area contributed by atoms with Gasteiger partial charge in [0.2, 0.25) is 11.7 Å². The molecule has 1 N–H and O–H groups in total. The monoisotopic (exact) mass is 407 g/mol. The maximum Gasteiger partial charge on any atom is 0.442 e. The number of thiazole rings is 1. The van der Waals surface area contributed by atoms with Crippen LogP contribution >= 0.6 is 11.3 Å². The number of rotatable bonds is 5. The molecule has 4 aromatic rings. The van der Waals surface area contributed by atoms with Crippen LogP contribution in [0.15, 0.2) is 57.3 Å². The third-order valence-corrected chi connectivity index (χ3v) is 5.19. The Kier molecular flexibility index (Phi) is 5.05. The highest BCUT2D eigenvalue weighted by molar-refractivity contribution is 7.14. The van der Waals surface area contributed by atoms with Crippen molar-refractivity contribution in [1.82, 2.24) is 19.7 Å². The van der Waals surface area contributed by atoms with Gasteiger partial charge in [0.25, 0.3) is 0 Å². The Bertz CT molecular complexity index is 1230. The minimum absolute atomic E-state index is 0.195. The minimum Gasteiger partial charge on any atom is -0.300 e. The highest BCUT2D eigenvalue weighted by Crippen LogP contribution is 2.26. The summed E-state index contributed by atoms with van der Waals surface area (Å²) in [5.41, 5.74) is 4.59. The Hall–Kier alpha value is -3.59. The number of aromatic nitrogens is 4. The van der Waals surface area contributed by atoms with Crippen LogP contribution in [0.4, 0.5) is 5.13 Å². The van der Waals surface area contributed by atoms with Gasteiger partial charge in [-0.15, -0.1) is 11.3 Å². The molecule has 1 aromatic carbocycles. The van der Waals surface area contributed by atoms with Crippen LogP contribution in [-0.2, 0) is 11.3 Å². The Labute approximate surface area is 169 Å². The van der Waals surface area contributed by atoms with Gasteiger partial charge in [-0.25, -0.2) is 14.3 Å². The Morgan fingerprint density at radius 1 is 1.17 bits per heavy atom. The van der Waals surface area contributed by atoms with Crippen LogP contribution in [0.5, 0.6) is 0 Å². The molecule has 0 radical (unpaired) electrons. The van der Waals surface area contributed by atoms with E-state index in [0.29, 0.717) is 10.8 Å². The summed E-state index contributed by atoms with van der Waals surface area (Å²) in [4.78, 5) is 33.0. The topological polar surface area (TPSA) is 103 Å². The minimum atomic E-state index is -0.726. The lowest BCUT2D eigenvalue weighted by Crippen LogP contribution is -2.25. The maximum atomic E-state index is 12.5. The number of nitrogens with zero attached hydrogens (tertiary/aromatic N) is 4. The fourth-order valence-electron chi connectivity index (χ4n) is 2.75. The zero-order valence-electron chi connectivity index (χ0n) is 15.7. The van der Waals surface area contributed by atoms with Crippen molar-refractivity contribution in [2.45, 2.75) is 20.4 Å². The fraction of sp³-hybridized carbons (Fsp3) is 0.150. The van der Waals surface area contributed by atoms with E-state index in [1.165, 1.54) is 22.5 Å². The van der Waals surface area contributed by atoms with Crippen LogP contribution < -0.4 is 11.1 Å². The number of carbonyl (C=O) groups is 1. The number of hydrogen-bond donors (Lipinski definition) is 1. The van der Waals surface area contributed by atoms with Crippen molar-refractivity contribution in [2.24, 2.45) is 0 Å². The van der Waals surface area contributed by atoms with E-state index in [9.17, 15) is 9.59 Å². The van der Waals surface area contributed by atoms with Gasteiger partial charge in [0.05, 0.1) is 5.69 Å². The molecule has 0 aliphatic rings. The molecule has 0 unspecified atom stereocenters. The zero-order valence-corrected chi connectivity index (χ0v) is 16.6. The van der Waals surface area contributed by atoms with E-state index in [0.717, 1.165) is 15.8 Å². The molecule has 3 aromatic heterocycles. The lowest BCUT2D eigenvalue weighted by molar-refractivity contribution is -0.116. The number of pyridine rings is 1. The summed E-state index contributed by atoms with van der Waals surface area (Å²) in [6, 6.07) is 11.3. The van der Waals surface area contributed by atoms with Crippen LogP contribution in [0, 0.1) is 13.8 Å². The summed E-state index contributed by atoms with van der Waals surface area (Å²) < 4.78 is 5.84. The molecule has 8 nitrogen and oxygen atoms in total. The van der Waals surface area contributed by atoms with E-state index in [-0.39, 0.29) is 12.4 Å². The summed E-state index contributed by atoms with van der Waals surface area (Å²) in [7, 11) is 0. The first kappa shape index (κ1) is 18.8. The lowest BCUT2D eigenvalue weighted by Gasteiger charge is -2.04. The fourth-order valence-corrected chi connectivity index (χ4v) is 3.49. The molecule has 4 rings (SSSR count). The first-order valence-electron chi connectivity index (χ1n) is 8.82. The second-order valence-electron chi connectivity index (χ2n) is 6.46. The molecule has 0 saturated carbocycles. The van der Waals surface area contributed by atoms with Crippen molar-refractivity contribution >= 4 is 22.4 Å². The van der Waals surface area contributed by atoms with Gasteiger partial charge >= 0.3 is 5.76 Å². The first-order chi connectivity index (χ1) is 14.0. The number of amides is 1. The molecular weight excluding hydrogens is 390 g/mol. The molecule has 3 heterocycles. The summed E-state index contributed by atoms with van der Waals surface area (Å²) in [5, 5.41) is 8.78. The number of aryl methyl sites for hydroxylation is 2. The third-order valence-electron chi connectivity index (χ3n) is 4.44. The Morgan fingerprint density at radius 3 is 2.79 bits per heavy atom. The van der Waals surface area contributed by atoms with E-state index in [1.54, 1.807) is 24.4 Å². The van der Waals surface area contributed by atoms with Crippen LogP contribution in [-0.4, -0.2) is 25.6 Å². The van der Waals surface area contributed by atoms with E-state index < -0.39 is 11.7 Å². The molecule has 9 heteroatoms. The molecule has 0 spiro atoms. The highest BCUT2D eigenvalue weighted by atomic mass is 32.1. The summed E-state index contributed by atoms with van der Waals surface area (Å²) in [6.45, 7) is 3.84. The highest BCUT2D eigenvalue weighted by Gasteiger charge is 2.17. The van der Waals surface area contributed by atoms with Crippen molar-refractivity contribution in [2.75, 3.05) is 5.32 Å². The Morgan fingerprint density at radius 2 is 2.03 bits per heavy atom. The van der Waals surface area contributed by atoms with E-state index in [1.807, 2.05) is 24.4 Å². The second kappa shape index (κ2) is 7.80. The van der Waals surface area contributed by atoms with Gasteiger partial charge in [-0.1, -0.05) is 23.4 Å². The summed E-state index contributed by atoms with van der Waals surface area (Å²) in [6.07, 6.45) is 1.57. The quantitative estimate of drug-likeness (QED) is 0.545. The predicted octanol–water partition coefficient (Wildman–Crippen LogP) is 3.28. The molecule has 0 aliphatic heterocycles. The molecule has 146 valence electrons. The molecule has 29 heavy (non-hydrogen) atoms. The van der Waals surface area contributed by atoms with Gasteiger partial charge in [0.15, 0.2) is 5.13 Å². The van der Waals surface area contributed by atoms with E-state index in [4.69, 9.17) is 4.52 Å². The van der Waals surface area contributed by atoms with Crippen LogP contribution in [0.1, 0.15) is 11.1 Å². The summed E-state index contributed by atoms with van der Waals surface area (Å²) in [5.74, 6) is -0.940. The van der Waals surface area contributed by atoms with Gasteiger partial charge in [-0.3, -0.25) is 14.3 Å². The van der Waals surface area contributed by atoms with Crippen LogP contribution in [0.25, 0.3) is 22.8 Å². The number of carbonyl (C=O) groups excluding carboxylic acids is 1. The third kappa shape index (κ3) is 3.99. The number of anilines is 1. The van der Waals surface area contributed by atoms with Crippen molar-refractivity contribution < 1.29 is 9.32 Å². The standard InChI is InChI=1S/C20H17N5O3S/c1-12-6-7-14(9-13(12)2)16-11-29-19(22-16)23-17(26)10-25-18(24-28-20(25)27)15-5-3-4-8-21-15/h3-9,11H,10H2,1-2H3,(H,22,23,26). The van der Waals surface area contributed by atoms with Crippen molar-refractivity contribution in [3.8, 4) is 22.8 Å². The number of hydrogen-bond acceptors (Lipinski definition) is 7. The molecule has 0 aliphatic carbocycles. The largest absolute Gasteiger partial charge is 0.442 e. The maximum absolute atomic E-state index is 12.5. The van der Waals surface area contributed by atoms with Gasteiger partial charge in [-0.05, 0) is 43.2 Å². The number of benzene rings is 1. The van der Waals surface area contributed by atoms with Crippen LogP contribution in [0.2, 0.25) is 0 Å². The zero-order chi connectivity index (χ0) is 20.4. The van der Waals surface area contributed by atoms with Gasteiger partial charge in [0, 0.05) is 17.1 Å². The van der Waals surface area contributed by atoms with E-state index in [2.05, 4.69) is 33.4 Å². The van der Waals surface area contributed by atoms with Gasteiger partial charge in [0.1, 0.15) is 12.2 Å². The lowest BCUT2D eigenvalue weighted by atomic mass is 10.1. The van der Waals surface area contributed by atoms with E-state index >= 15 is 0 Å². The van der Waals surface area contributed by atoms with Gasteiger partial charge in [-0.2, -0.15) is 0 Å². The molecule has 0 bridgehead atoms. The second-order valence-corrected chi connectivity index (χ2v) is 7.32. The average molecular weight is 407 g/mol. The smallest absolute Gasteiger partial charge is 0.300 e. The normalized spacial score (nSPS) is 10.8. The van der Waals surface area contributed by atoms with Crippen molar-refractivity contribution in [3.63, 3.8) is 0 Å². The molecule has 0 saturated heterocycles. The summed E-state index contributed by atoms with van der Waals surface area (Å²) >= 11 is 1.32. The average Bonchev–Trinajstić information content (AvgIpc) is 3.32. The van der Waals surface area contributed by atoms with Gasteiger partial charge < -0.3 is 5.32 Å². The molecule has 1 amide bonds. The SMILES string of the molecule is Cc1ccc(-c2csc(NC(=O)Cn3c(-c4ccccn4)noc3=O)n2)cc1C. The molecule has 0 fully saturated rings. The predicted molar refractivity (Wildman–Crippen MR) is 110 cm³/mol. The Balaban J connectivity index is 1.50. The van der Waals surface area contributed by atoms with Crippen molar-refractivity contribution in [1.29, 1.82) is 0 Å².